The van der Waals surface area contributed by atoms with E-state index in [-0.39, 0.29) is 5.91 Å². The predicted molar refractivity (Wildman–Crippen MR) is 80.1 cm³/mol. The summed E-state index contributed by atoms with van der Waals surface area (Å²) >= 11 is 11.1. The molecular formula is C13H17ClN2OS. The van der Waals surface area contributed by atoms with Crippen molar-refractivity contribution in [3.63, 3.8) is 0 Å². The van der Waals surface area contributed by atoms with Crippen molar-refractivity contribution in [2.75, 3.05) is 5.32 Å². The molecule has 0 aliphatic heterocycles. The SMILES string of the molecule is CCCCC(=O)NC(=S)Nc1cccc(Cl)c1C. The summed E-state index contributed by atoms with van der Waals surface area (Å²) in [6.45, 7) is 3.94. The van der Waals surface area contributed by atoms with Gasteiger partial charge in [-0.25, -0.2) is 0 Å². The summed E-state index contributed by atoms with van der Waals surface area (Å²) in [5.41, 5.74) is 1.72. The van der Waals surface area contributed by atoms with Gasteiger partial charge in [-0.1, -0.05) is 31.0 Å². The molecule has 98 valence electrons. The lowest BCUT2D eigenvalue weighted by Gasteiger charge is -2.12. The zero-order chi connectivity index (χ0) is 13.5. The van der Waals surface area contributed by atoms with E-state index >= 15 is 0 Å². The lowest BCUT2D eigenvalue weighted by atomic mass is 10.2. The van der Waals surface area contributed by atoms with E-state index in [1.54, 1.807) is 0 Å². The van der Waals surface area contributed by atoms with Crippen LogP contribution >= 0.6 is 23.8 Å². The number of thiocarbonyl (C=S) groups is 1. The van der Waals surface area contributed by atoms with Gasteiger partial charge in [0.2, 0.25) is 5.91 Å². The average molecular weight is 285 g/mol. The largest absolute Gasteiger partial charge is 0.332 e. The predicted octanol–water partition coefficient (Wildman–Crippen LogP) is 3.65. The Morgan fingerprint density at radius 1 is 1.44 bits per heavy atom. The summed E-state index contributed by atoms with van der Waals surface area (Å²) in [7, 11) is 0. The Morgan fingerprint density at radius 3 is 2.83 bits per heavy atom. The highest BCUT2D eigenvalue weighted by atomic mass is 35.5. The van der Waals surface area contributed by atoms with E-state index in [1.807, 2.05) is 32.0 Å². The summed E-state index contributed by atoms with van der Waals surface area (Å²) in [6, 6.07) is 5.51. The number of carbonyl (C=O) groups excluding carboxylic acids is 1. The number of rotatable bonds is 4. The van der Waals surface area contributed by atoms with Crippen molar-refractivity contribution in [2.45, 2.75) is 33.1 Å². The Labute approximate surface area is 118 Å². The minimum absolute atomic E-state index is 0.0611. The zero-order valence-corrected chi connectivity index (χ0v) is 12.1. The second kappa shape index (κ2) is 7.34. The first-order valence-electron chi connectivity index (χ1n) is 5.90. The lowest BCUT2D eigenvalue weighted by molar-refractivity contribution is -0.119. The van der Waals surface area contributed by atoms with Crippen molar-refractivity contribution >= 4 is 40.5 Å². The smallest absolute Gasteiger partial charge is 0.226 e. The molecule has 0 aliphatic rings. The maximum absolute atomic E-state index is 11.5. The number of nitrogens with one attached hydrogen (secondary N) is 2. The Bertz CT molecular complexity index is 449. The molecule has 5 heteroatoms. The number of carbonyl (C=O) groups is 1. The van der Waals surface area contributed by atoms with Crippen LogP contribution in [0.5, 0.6) is 0 Å². The molecule has 1 aromatic rings. The van der Waals surface area contributed by atoms with Crippen LogP contribution in [0.4, 0.5) is 5.69 Å². The maximum atomic E-state index is 11.5. The first-order valence-corrected chi connectivity index (χ1v) is 6.69. The number of anilines is 1. The number of unbranched alkanes of at least 4 members (excludes halogenated alkanes) is 1. The molecule has 0 aromatic heterocycles. The van der Waals surface area contributed by atoms with E-state index < -0.39 is 0 Å². The van der Waals surface area contributed by atoms with E-state index in [0.717, 1.165) is 24.1 Å². The molecule has 1 rings (SSSR count). The summed E-state index contributed by atoms with van der Waals surface area (Å²) in [5.74, 6) is -0.0611. The van der Waals surface area contributed by atoms with Gasteiger partial charge < -0.3 is 10.6 Å². The number of halogens is 1. The normalized spacial score (nSPS) is 9.94. The molecule has 0 radical (unpaired) electrons. The molecule has 1 aromatic carbocycles. The van der Waals surface area contributed by atoms with E-state index in [0.29, 0.717) is 16.6 Å². The van der Waals surface area contributed by atoms with Crippen molar-refractivity contribution in [2.24, 2.45) is 0 Å². The van der Waals surface area contributed by atoms with Crippen LogP contribution in [0.2, 0.25) is 5.02 Å². The second-order valence-electron chi connectivity index (χ2n) is 4.02. The molecule has 18 heavy (non-hydrogen) atoms. The van der Waals surface area contributed by atoms with E-state index in [1.165, 1.54) is 0 Å². The molecule has 0 aliphatic carbocycles. The van der Waals surface area contributed by atoms with Crippen LogP contribution in [-0.2, 0) is 4.79 Å². The molecule has 0 bridgehead atoms. The quantitative estimate of drug-likeness (QED) is 0.829. The number of hydrogen-bond donors (Lipinski definition) is 2. The van der Waals surface area contributed by atoms with Gasteiger partial charge in [-0.05, 0) is 43.3 Å². The molecule has 0 atom stereocenters. The van der Waals surface area contributed by atoms with Gasteiger partial charge >= 0.3 is 0 Å². The molecule has 0 fully saturated rings. The molecule has 0 spiro atoms. The topological polar surface area (TPSA) is 41.1 Å². The molecule has 1 amide bonds. The van der Waals surface area contributed by atoms with Crippen molar-refractivity contribution < 1.29 is 4.79 Å². The van der Waals surface area contributed by atoms with Crippen LogP contribution in [0.15, 0.2) is 18.2 Å². The first-order chi connectivity index (χ1) is 8.54. The third-order valence-electron chi connectivity index (χ3n) is 2.53. The van der Waals surface area contributed by atoms with Gasteiger partial charge in [0.05, 0.1) is 0 Å². The second-order valence-corrected chi connectivity index (χ2v) is 4.83. The minimum Gasteiger partial charge on any atom is -0.332 e. The van der Waals surface area contributed by atoms with Crippen molar-refractivity contribution in [3.05, 3.63) is 28.8 Å². The Balaban J connectivity index is 2.54. The Hall–Kier alpha value is -1.13. The van der Waals surface area contributed by atoms with Gasteiger partial charge in [0.15, 0.2) is 5.11 Å². The highest BCUT2D eigenvalue weighted by molar-refractivity contribution is 7.80. The van der Waals surface area contributed by atoms with Crippen LogP contribution in [0, 0.1) is 6.92 Å². The highest BCUT2D eigenvalue weighted by Crippen LogP contribution is 2.22. The minimum atomic E-state index is -0.0611. The molecule has 0 heterocycles. The average Bonchev–Trinajstić information content (AvgIpc) is 2.32. The summed E-state index contributed by atoms with van der Waals surface area (Å²) in [6.07, 6.45) is 2.35. The summed E-state index contributed by atoms with van der Waals surface area (Å²) < 4.78 is 0. The molecule has 3 nitrogen and oxygen atoms in total. The van der Waals surface area contributed by atoms with Crippen molar-refractivity contribution in [3.8, 4) is 0 Å². The van der Waals surface area contributed by atoms with Crippen molar-refractivity contribution in [1.82, 2.24) is 5.32 Å². The van der Waals surface area contributed by atoms with Crippen LogP contribution < -0.4 is 10.6 Å². The van der Waals surface area contributed by atoms with E-state index in [9.17, 15) is 4.79 Å². The molecule has 2 N–H and O–H groups in total. The van der Waals surface area contributed by atoms with Gasteiger partial charge in [-0.2, -0.15) is 0 Å². The third kappa shape index (κ3) is 4.63. The molecule has 0 saturated heterocycles. The first kappa shape index (κ1) is 14.9. The molecular weight excluding hydrogens is 268 g/mol. The van der Waals surface area contributed by atoms with Gasteiger partial charge in [-0.3, -0.25) is 4.79 Å². The Morgan fingerprint density at radius 2 is 2.17 bits per heavy atom. The van der Waals surface area contributed by atoms with E-state index in [2.05, 4.69) is 10.6 Å². The number of hydrogen-bond acceptors (Lipinski definition) is 2. The summed E-state index contributed by atoms with van der Waals surface area (Å²) in [4.78, 5) is 11.5. The molecule has 0 unspecified atom stereocenters. The fourth-order valence-electron chi connectivity index (χ4n) is 1.42. The van der Waals surface area contributed by atoms with E-state index in [4.69, 9.17) is 23.8 Å². The van der Waals surface area contributed by atoms with Crippen LogP contribution in [0.3, 0.4) is 0 Å². The number of benzene rings is 1. The van der Waals surface area contributed by atoms with Gasteiger partial charge in [0, 0.05) is 17.1 Å². The van der Waals surface area contributed by atoms with Gasteiger partial charge in [0.1, 0.15) is 0 Å². The van der Waals surface area contributed by atoms with Crippen LogP contribution in [0.25, 0.3) is 0 Å². The van der Waals surface area contributed by atoms with Crippen molar-refractivity contribution in [1.29, 1.82) is 0 Å². The summed E-state index contributed by atoms with van der Waals surface area (Å²) in [5, 5.41) is 6.60. The third-order valence-corrected chi connectivity index (χ3v) is 3.14. The van der Waals surface area contributed by atoms with Crippen LogP contribution in [0.1, 0.15) is 31.7 Å². The maximum Gasteiger partial charge on any atom is 0.226 e. The fraction of sp³-hybridized carbons (Fsp3) is 0.385. The van der Waals surface area contributed by atoms with Gasteiger partial charge in [-0.15, -0.1) is 0 Å². The zero-order valence-electron chi connectivity index (χ0n) is 10.5. The fourth-order valence-corrected chi connectivity index (χ4v) is 1.82. The monoisotopic (exact) mass is 284 g/mol. The molecule has 0 saturated carbocycles. The van der Waals surface area contributed by atoms with Crippen LogP contribution in [-0.4, -0.2) is 11.0 Å². The highest BCUT2D eigenvalue weighted by Gasteiger charge is 2.06. The lowest BCUT2D eigenvalue weighted by Crippen LogP contribution is -2.34. The standard InChI is InChI=1S/C13H17ClN2OS/c1-3-4-8-12(17)16-13(18)15-11-7-5-6-10(14)9(11)2/h5-7H,3-4,8H2,1-2H3,(H2,15,16,17,18). The Kier molecular flexibility index (Phi) is 6.09. The van der Waals surface area contributed by atoms with Gasteiger partial charge in [0.25, 0.3) is 0 Å². The number of amides is 1.